The molecular formula is C23H21N3O3. The first-order valence-electron chi connectivity index (χ1n) is 9.19. The van der Waals surface area contributed by atoms with E-state index in [-0.39, 0.29) is 5.84 Å². The van der Waals surface area contributed by atoms with Crippen molar-refractivity contribution in [3.05, 3.63) is 83.0 Å². The molecule has 3 N–H and O–H groups in total. The number of aromatic nitrogens is 1. The summed E-state index contributed by atoms with van der Waals surface area (Å²) in [6.07, 6.45) is 0.544. The molecule has 1 aromatic heterocycles. The summed E-state index contributed by atoms with van der Waals surface area (Å²) < 4.78 is 6.89. The molecule has 3 aromatic carbocycles. The second kappa shape index (κ2) is 7.31. The summed E-state index contributed by atoms with van der Waals surface area (Å²) in [5.41, 5.74) is 9.69. The number of aryl methyl sites for hydroxylation is 1. The number of benzene rings is 3. The van der Waals surface area contributed by atoms with Crippen molar-refractivity contribution in [2.75, 3.05) is 7.11 Å². The van der Waals surface area contributed by atoms with Crippen LogP contribution in [0, 0.1) is 0 Å². The number of nitrogens with zero attached hydrogens (tertiary/aromatic N) is 2. The van der Waals surface area contributed by atoms with Crippen molar-refractivity contribution in [3.8, 4) is 0 Å². The lowest BCUT2D eigenvalue weighted by Crippen LogP contribution is -2.12. The average Bonchev–Trinajstić information content (AvgIpc) is 3.04. The second-order valence-electron chi connectivity index (χ2n) is 6.91. The van der Waals surface area contributed by atoms with Gasteiger partial charge in [-0.3, -0.25) is 0 Å². The number of carbonyl (C=O) groups excluding carboxylic acids is 1. The number of rotatable bonds is 4. The van der Waals surface area contributed by atoms with Crippen molar-refractivity contribution < 1.29 is 14.7 Å². The fourth-order valence-electron chi connectivity index (χ4n) is 3.91. The first-order chi connectivity index (χ1) is 14.0. The van der Waals surface area contributed by atoms with Crippen molar-refractivity contribution >= 4 is 33.5 Å². The molecule has 0 amide bonds. The van der Waals surface area contributed by atoms with Crippen LogP contribution in [0.5, 0.6) is 0 Å². The Labute approximate surface area is 167 Å². The fourth-order valence-corrected chi connectivity index (χ4v) is 3.91. The average molecular weight is 387 g/mol. The van der Waals surface area contributed by atoms with E-state index < -0.39 is 5.97 Å². The number of oxime groups is 1. The van der Waals surface area contributed by atoms with Gasteiger partial charge in [-0.15, -0.1) is 0 Å². The van der Waals surface area contributed by atoms with Crippen LogP contribution in [0.1, 0.15) is 27.2 Å². The zero-order chi connectivity index (χ0) is 20.5. The molecule has 0 saturated heterocycles. The topological polar surface area (TPSA) is 89.8 Å². The van der Waals surface area contributed by atoms with Gasteiger partial charge in [-0.25, -0.2) is 4.79 Å². The number of nitrogens with two attached hydrogens (primary N) is 1. The van der Waals surface area contributed by atoms with Crippen LogP contribution in [-0.4, -0.2) is 28.7 Å². The Kier molecular flexibility index (Phi) is 4.68. The summed E-state index contributed by atoms with van der Waals surface area (Å²) in [5.74, 6) is -0.379. The maximum atomic E-state index is 12.6. The third-order valence-electron chi connectivity index (χ3n) is 5.33. The van der Waals surface area contributed by atoms with Gasteiger partial charge in [0.1, 0.15) is 5.69 Å². The molecule has 6 nitrogen and oxygen atoms in total. The Morgan fingerprint density at radius 3 is 2.62 bits per heavy atom. The molecule has 1 heterocycles. The van der Waals surface area contributed by atoms with E-state index in [4.69, 9.17) is 15.7 Å². The van der Waals surface area contributed by atoms with Crippen LogP contribution in [-0.2, 0) is 18.2 Å². The number of carbonyl (C=O) groups is 1. The van der Waals surface area contributed by atoms with Crippen molar-refractivity contribution in [1.82, 2.24) is 4.57 Å². The SMILES string of the molecule is COC(=O)c1c(Cc2cccc3ccccc23)c2cc(C(N)=NO)ccc2n1C. The van der Waals surface area contributed by atoms with Crippen molar-refractivity contribution in [2.45, 2.75) is 6.42 Å². The number of hydrogen-bond donors (Lipinski definition) is 2. The summed E-state index contributed by atoms with van der Waals surface area (Å²) in [6, 6.07) is 19.8. The van der Waals surface area contributed by atoms with Gasteiger partial charge in [0.25, 0.3) is 0 Å². The normalized spacial score (nSPS) is 11.9. The third kappa shape index (κ3) is 3.08. The molecule has 146 valence electrons. The fraction of sp³-hybridized carbons (Fsp3) is 0.130. The molecule has 4 rings (SSSR count). The standard InChI is InChI=1S/C23H21N3O3/c1-26-20-11-10-16(22(24)25-28)13-18(20)19(21(26)23(27)29-2)12-15-8-5-7-14-6-3-4-9-17(14)15/h3-11,13,28H,12H2,1-2H3,(H2,24,25). The number of methoxy groups -OCH3 is 1. The quantitative estimate of drug-likeness (QED) is 0.183. The van der Waals surface area contributed by atoms with E-state index in [9.17, 15) is 4.79 Å². The van der Waals surface area contributed by atoms with Crippen LogP contribution in [0.15, 0.2) is 65.8 Å². The molecule has 0 atom stereocenters. The van der Waals surface area contributed by atoms with Gasteiger partial charge in [-0.1, -0.05) is 47.6 Å². The Morgan fingerprint density at radius 2 is 1.86 bits per heavy atom. The van der Waals surface area contributed by atoms with Crippen LogP contribution in [0.4, 0.5) is 0 Å². The first-order valence-corrected chi connectivity index (χ1v) is 9.19. The van der Waals surface area contributed by atoms with Crippen LogP contribution in [0.25, 0.3) is 21.7 Å². The molecule has 0 aliphatic rings. The van der Waals surface area contributed by atoms with E-state index in [0.29, 0.717) is 17.7 Å². The molecule has 29 heavy (non-hydrogen) atoms. The summed E-state index contributed by atoms with van der Waals surface area (Å²) in [6.45, 7) is 0. The monoisotopic (exact) mass is 387 g/mol. The highest BCUT2D eigenvalue weighted by Crippen LogP contribution is 2.31. The molecule has 0 unspecified atom stereocenters. The Morgan fingerprint density at radius 1 is 1.10 bits per heavy atom. The van der Waals surface area contributed by atoms with E-state index in [2.05, 4.69) is 29.4 Å². The number of ether oxygens (including phenoxy) is 1. The lowest BCUT2D eigenvalue weighted by atomic mass is 9.96. The molecule has 0 spiro atoms. The molecule has 0 saturated carbocycles. The highest BCUT2D eigenvalue weighted by molar-refractivity contribution is 6.04. The molecule has 0 radical (unpaired) electrons. The third-order valence-corrected chi connectivity index (χ3v) is 5.33. The van der Waals surface area contributed by atoms with Crippen molar-refractivity contribution in [2.24, 2.45) is 17.9 Å². The Balaban J connectivity index is 1.98. The van der Waals surface area contributed by atoms with Gasteiger partial charge in [0.05, 0.1) is 7.11 Å². The molecule has 4 aromatic rings. The summed E-state index contributed by atoms with van der Waals surface area (Å²) in [7, 11) is 3.22. The maximum absolute atomic E-state index is 12.6. The summed E-state index contributed by atoms with van der Waals surface area (Å²) in [5, 5.41) is 15.3. The van der Waals surface area contributed by atoms with Gasteiger partial charge in [0.15, 0.2) is 5.84 Å². The number of hydrogen-bond acceptors (Lipinski definition) is 4. The number of fused-ring (bicyclic) bond motifs is 2. The van der Waals surface area contributed by atoms with E-state index in [1.807, 2.05) is 41.9 Å². The first kappa shape index (κ1) is 18.6. The van der Waals surface area contributed by atoms with Gasteiger partial charge in [0, 0.05) is 29.9 Å². The minimum atomic E-state index is -0.399. The van der Waals surface area contributed by atoms with Gasteiger partial charge in [0.2, 0.25) is 0 Å². The minimum absolute atomic E-state index is 0.0199. The van der Waals surface area contributed by atoms with Gasteiger partial charge in [-0.05, 0) is 40.1 Å². The van der Waals surface area contributed by atoms with E-state index in [1.54, 1.807) is 6.07 Å². The molecule has 0 fully saturated rings. The van der Waals surface area contributed by atoms with Crippen LogP contribution < -0.4 is 5.73 Å². The van der Waals surface area contributed by atoms with Gasteiger partial charge >= 0.3 is 5.97 Å². The van der Waals surface area contributed by atoms with Crippen LogP contribution >= 0.6 is 0 Å². The van der Waals surface area contributed by atoms with E-state index in [1.165, 1.54) is 7.11 Å². The molecule has 6 heteroatoms. The van der Waals surface area contributed by atoms with Crippen molar-refractivity contribution in [3.63, 3.8) is 0 Å². The predicted octanol–water partition coefficient (Wildman–Crippen LogP) is 3.80. The molecular weight excluding hydrogens is 366 g/mol. The van der Waals surface area contributed by atoms with Crippen LogP contribution in [0.2, 0.25) is 0 Å². The Hall–Kier alpha value is -3.80. The highest BCUT2D eigenvalue weighted by atomic mass is 16.5. The zero-order valence-electron chi connectivity index (χ0n) is 16.2. The second-order valence-corrected chi connectivity index (χ2v) is 6.91. The number of amidine groups is 1. The smallest absolute Gasteiger partial charge is 0.354 e. The maximum Gasteiger partial charge on any atom is 0.354 e. The van der Waals surface area contributed by atoms with Gasteiger partial charge < -0.3 is 20.2 Å². The molecule has 0 bridgehead atoms. The summed E-state index contributed by atoms with van der Waals surface area (Å²) >= 11 is 0. The number of esters is 1. The Bertz CT molecular complexity index is 1270. The van der Waals surface area contributed by atoms with E-state index in [0.717, 1.165) is 32.8 Å². The lowest BCUT2D eigenvalue weighted by Gasteiger charge is -2.09. The minimum Gasteiger partial charge on any atom is -0.464 e. The zero-order valence-corrected chi connectivity index (χ0v) is 16.2. The molecule has 0 aliphatic carbocycles. The van der Waals surface area contributed by atoms with Crippen molar-refractivity contribution in [1.29, 1.82) is 0 Å². The highest BCUT2D eigenvalue weighted by Gasteiger charge is 2.23. The van der Waals surface area contributed by atoms with Gasteiger partial charge in [-0.2, -0.15) is 0 Å². The predicted molar refractivity (Wildman–Crippen MR) is 114 cm³/mol. The van der Waals surface area contributed by atoms with Crippen LogP contribution in [0.3, 0.4) is 0 Å². The summed E-state index contributed by atoms with van der Waals surface area (Å²) in [4.78, 5) is 12.6. The largest absolute Gasteiger partial charge is 0.464 e. The molecule has 0 aliphatic heterocycles. The van der Waals surface area contributed by atoms with E-state index >= 15 is 0 Å². The lowest BCUT2D eigenvalue weighted by molar-refractivity contribution is 0.0589.